The minimum absolute atomic E-state index is 0.213. The average Bonchev–Trinajstić information content (AvgIpc) is 2.47. The van der Waals surface area contributed by atoms with Crippen LogP contribution >= 0.6 is 0 Å². The van der Waals surface area contributed by atoms with Gasteiger partial charge in [-0.2, -0.15) is 0 Å². The molecule has 0 saturated heterocycles. The molecule has 2 rings (SSSR count). The number of benzene rings is 1. The van der Waals surface area contributed by atoms with E-state index < -0.39 is 5.82 Å². The third kappa shape index (κ3) is 2.79. The largest absolute Gasteiger partial charge is 0.494 e. The number of hydrogen-bond acceptors (Lipinski definition) is 5. The average molecular weight is 276 g/mol. The molecule has 1 aromatic heterocycles. The summed E-state index contributed by atoms with van der Waals surface area (Å²) in [7, 11) is 3.24. The van der Waals surface area contributed by atoms with E-state index in [0.29, 0.717) is 11.5 Å². The van der Waals surface area contributed by atoms with E-state index in [9.17, 15) is 4.39 Å². The van der Waals surface area contributed by atoms with E-state index in [2.05, 4.69) is 20.6 Å². The summed E-state index contributed by atoms with van der Waals surface area (Å²) in [6, 6.07) is 4.69. The van der Waals surface area contributed by atoms with Crippen molar-refractivity contribution in [3.8, 4) is 5.75 Å². The zero-order valence-corrected chi connectivity index (χ0v) is 11.7. The Morgan fingerprint density at radius 2 is 2.00 bits per heavy atom. The first kappa shape index (κ1) is 14.0. The fourth-order valence-corrected chi connectivity index (χ4v) is 1.95. The first-order valence-corrected chi connectivity index (χ1v) is 6.31. The number of ether oxygens (including phenoxy) is 1. The van der Waals surface area contributed by atoms with Crippen molar-refractivity contribution in [1.29, 1.82) is 0 Å². The number of hydrogen-bond donors (Lipinski definition) is 2. The second-order valence-electron chi connectivity index (χ2n) is 4.13. The molecule has 0 aliphatic carbocycles. The highest BCUT2D eigenvalue weighted by Crippen LogP contribution is 2.26. The molecule has 6 heteroatoms. The van der Waals surface area contributed by atoms with Gasteiger partial charge in [-0.05, 0) is 18.6 Å². The lowest BCUT2D eigenvalue weighted by molar-refractivity contribution is 0.386. The van der Waals surface area contributed by atoms with Crippen LogP contribution < -0.4 is 15.4 Å². The van der Waals surface area contributed by atoms with Gasteiger partial charge >= 0.3 is 0 Å². The predicted octanol–water partition coefficient (Wildman–Crippen LogP) is 2.97. The molecule has 0 aliphatic rings. The normalized spacial score (nSPS) is 10.2. The highest BCUT2D eigenvalue weighted by molar-refractivity contribution is 5.65. The molecule has 1 heterocycles. The molecule has 0 spiro atoms. The van der Waals surface area contributed by atoms with Gasteiger partial charge in [-0.1, -0.05) is 6.92 Å². The van der Waals surface area contributed by atoms with Crippen molar-refractivity contribution < 1.29 is 9.13 Å². The Kier molecular flexibility index (Phi) is 4.34. The lowest BCUT2D eigenvalue weighted by atomic mass is 10.2. The number of nitrogens with one attached hydrogen (secondary N) is 2. The molecule has 2 N–H and O–H groups in total. The van der Waals surface area contributed by atoms with Gasteiger partial charge in [0.25, 0.3) is 0 Å². The van der Waals surface area contributed by atoms with Crippen molar-refractivity contribution in [2.75, 3.05) is 24.8 Å². The summed E-state index contributed by atoms with van der Waals surface area (Å²) in [5, 5.41) is 6.12. The second kappa shape index (κ2) is 6.18. The molecule has 0 radical (unpaired) electrons. The van der Waals surface area contributed by atoms with Crippen molar-refractivity contribution in [2.24, 2.45) is 0 Å². The van der Waals surface area contributed by atoms with Crippen molar-refractivity contribution in [2.45, 2.75) is 13.3 Å². The maximum atomic E-state index is 13.7. The summed E-state index contributed by atoms with van der Waals surface area (Å²) >= 11 is 0. The van der Waals surface area contributed by atoms with Crippen molar-refractivity contribution >= 4 is 17.3 Å². The van der Waals surface area contributed by atoms with Crippen LogP contribution in [-0.4, -0.2) is 24.1 Å². The minimum atomic E-state index is -0.418. The van der Waals surface area contributed by atoms with Crippen LogP contribution in [0.4, 0.5) is 21.7 Å². The van der Waals surface area contributed by atoms with Crippen LogP contribution in [0, 0.1) is 5.82 Å². The van der Waals surface area contributed by atoms with Crippen molar-refractivity contribution in [3.63, 3.8) is 0 Å². The van der Waals surface area contributed by atoms with Gasteiger partial charge < -0.3 is 15.4 Å². The van der Waals surface area contributed by atoms with E-state index in [1.54, 1.807) is 19.2 Å². The Bertz CT molecular complexity index is 604. The molecule has 106 valence electrons. The Hall–Kier alpha value is -2.37. The van der Waals surface area contributed by atoms with Gasteiger partial charge in [0.1, 0.15) is 18.0 Å². The number of methoxy groups -OCH3 is 1. The van der Waals surface area contributed by atoms with Crippen LogP contribution in [-0.2, 0) is 6.42 Å². The van der Waals surface area contributed by atoms with E-state index in [-0.39, 0.29) is 5.75 Å². The molecular weight excluding hydrogens is 259 g/mol. The molecule has 0 saturated carbocycles. The number of anilines is 3. The molecule has 0 aliphatic heterocycles. The highest BCUT2D eigenvalue weighted by Gasteiger charge is 2.10. The van der Waals surface area contributed by atoms with Gasteiger partial charge in [0.05, 0.1) is 7.11 Å². The Morgan fingerprint density at radius 1 is 1.25 bits per heavy atom. The summed E-state index contributed by atoms with van der Waals surface area (Å²) in [6.45, 7) is 2.01. The third-order valence-corrected chi connectivity index (χ3v) is 2.95. The first-order chi connectivity index (χ1) is 9.69. The SMILES string of the molecule is CCc1c(NC)ncnc1Nc1ccc(OC)c(F)c1. The standard InChI is InChI=1S/C14H17FN4O/c1-4-10-13(16-2)17-8-18-14(10)19-9-5-6-12(20-3)11(15)7-9/h5-8H,4H2,1-3H3,(H2,16,17,18,19). The van der Waals surface area contributed by atoms with Crippen molar-refractivity contribution in [1.82, 2.24) is 9.97 Å². The van der Waals surface area contributed by atoms with Crippen LogP contribution in [0.2, 0.25) is 0 Å². The molecule has 1 aromatic carbocycles. The Morgan fingerprint density at radius 3 is 2.60 bits per heavy atom. The number of nitrogens with zero attached hydrogens (tertiary/aromatic N) is 2. The number of aromatic nitrogens is 2. The summed E-state index contributed by atoms with van der Waals surface area (Å²) in [5.41, 5.74) is 1.56. The van der Waals surface area contributed by atoms with E-state index in [1.807, 2.05) is 6.92 Å². The van der Waals surface area contributed by atoms with Crippen LogP contribution in [0.3, 0.4) is 0 Å². The van der Waals surface area contributed by atoms with Gasteiger partial charge in [0.2, 0.25) is 0 Å². The highest BCUT2D eigenvalue weighted by atomic mass is 19.1. The van der Waals surface area contributed by atoms with Crippen LogP contribution in [0.5, 0.6) is 5.75 Å². The van der Waals surface area contributed by atoms with Crippen LogP contribution in [0.1, 0.15) is 12.5 Å². The molecule has 0 bridgehead atoms. The number of halogens is 1. The first-order valence-electron chi connectivity index (χ1n) is 6.31. The van der Waals surface area contributed by atoms with Gasteiger partial charge in [-0.25, -0.2) is 14.4 Å². The third-order valence-electron chi connectivity index (χ3n) is 2.95. The van der Waals surface area contributed by atoms with Gasteiger partial charge in [0, 0.05) is 24.4 Å². The smallest absolute Gasteiger partial charge is 0.167 e. The molecule has 0 amide bonds. The predicted molar refractivity (Wildman–Crippen MR) is 77.2 cm³/mol. The van der Waals surface area contributed by atoms with E-state index in [0.717, 1.165) is 17.8 Å². The zero-order chi connectivity index (χ0) is 14.5. The molecule has 20 heavy (non-hydrogen) atoms. The summed E-state index contributed by atoms with van der Waals surface area (Å²) in [5.74, 6) is 1.22. The lowest BCUT2D eigenvalue weighted by Gasteiger charge is -2.13. The Labute approximate surface area is 117 Å². The Balaban J connectivity index is 2.32. The molecule has 2 aromatic rings. The summed E-state index contributed by atoms with van der Waals surface area (Å²) in [4.78, 5) is 8.37. The van der Waals surface area contributed by atoms with Gasteiger partial charge in [-0.15, -0.1) is 0 Å². The summed E-state index contributed by atoms with van der Waals surface area (Å²) < 4.78 is 18.6. The van der Waals surface area contributed by atoms with E-state index in [1.165, 1.54) is 19.5 Å². The number of rotatable bonds is 5. The van der Waals surface area contributed by atoms with Crippen LogP contribution in [0.15, 0.2) is 24.5 Å². The molecule has 0 unspecified atom stereocenters. The van der Waals surface area contributed by atoms with E-state index in [4.69, 9.17) is 4.74 Å². The van der Waals surface area contributed by atoms with Gasteiger partial charge in [0.15, 0.2) is 11.6 Å². The fourth-order valence-electron chi connectivity index (χ4n) is 1.95. The topological polar surface area (TPSA) is 59.1 Å². The van der Waals surface area contributed by atoms with Crippen LogP contribution in [0.25, 0.3) is 0 Å². The molecule has 0 atom stereocenters. The maximum absolute atomic E-state index is 13.7. The maximum Gasteiger partial charge on any atom is 0.167 e. The second-order valence-corrected chi connectivity index (χ2v) is 4.13. The zero-order valence-electron chi connectivity index (χ0n) is 11.7. The van der Waals surface area contributed by atoms with Crippen molar-refractivity contribution in [3.05, 3.63) is 35.9 Å². The summed E-state index contributed by atoms with van der Waals surface area (Å²) in [6.07, 6.45) is 2.23. The minimum Gasteiger partial charge on any atom is -0.494 e. The van der Waals surface area contributed by atoms with Gasteiger partial charge in [-0.3, -0.25) is 0 Å². The fraction of sp³-hybridized carbons (Fsp3) is 0.286. The lowest BCUT2D eigenvalue weighted by Crippen LogP contribution is -2.05. The monoisotopic (exact) mass is 276 g/mol. The quantitative estimate of drug-likeness (QED) is 0.879. The molecular formula is C14H17FN4O. The van der Waals surface area contributed by atoms with E-state index >= 15 is 0 Å². The molecule has 5 nitrogen and oxygen atoms in total. The molecule has 0 fully saturated rings.